The zero-order chi connectivity index (χ0) is 55.9. The molecular weight excluding hydrogens is 957 g/mol. The van der Waals surface area contributed by atoms with Crippen molar-refractivity contribution in [1.82, 2.24) is 42.5 Å². The average molecular weight is 1040 g/mol. The zero-order valence-corrected chi connectivity index (χ0v) is 43.1. The van der Waals surface area contributed by atoms with Crippen LogP contribution in [0.4, 0.5) is 0 Å². The van der Waals surface area contributed by atoms with Crippen LogP contribution in [0.3, 0.4) is 0 Å². The van der Waals surface area contributed by atoms with Gasteiger partial charge in [-0.25, -0.2) is 4.79 Å². The molecule has 10 atom stereocenters. The summed E-state index contributed by atoms with van der Waals surface area (Å²) >= 11 is 0. The summed E-state index contributed by atoms with van der Waals surface area (Å²) in [7, 11) is 0. The van der Waals surface area contributed by atoms with Gasteiger partial charge in [-0.1, -0.05) is 80.4 Å². The molecule has 0 aliphatic rings. The predicted molar refractivity (Wildman–Crippen MR) is 265 cm³/mol. The van der Waals surface area contributed by atoms with Crippen molar-refractivity contribution in [3.8, 4) is 5.75 Å². The summed E-state index contributed by atoms with van der Waals surface area (Å²) in [4.78, 5) is 145. The number of carboxylic acid groups (broad SMARTS) is 3. The molecule has 16 N–H and O–H groups in total. The summed E-state index contributed by atoms with van der Waals surface area (Å²) in [5, 5.41) is 58.4. The Kier molecular flexibility index (Phi) is 27.7. The molecule has 73 heavy (non-hydrogen) atoms. The number of nitrogens with one attached hydrogen (secondary N) is 8. The lowest BCUT2D eigenvalue weighted by molar-refractivity contribution is -0.143. The Morgan fingerprint density at radius 2 is 0.959 bits per heavy atom. The van der Waals surface area contributed by atoms with Gasteiger partial charge in [0.1, 0.15) is 54.1 Å². The highest BCUT2D eigenvalue weighted by atomic mass is 16.4. The van der Waals surface area contributed by atoms with Crippen LogP contribution in [0.5, 0.6) is 5.75 Å². The van der Waals surface area contributed by atoms with Crippen molar-refractivity contribution < 1.29 is 73.2 Å². The quantitative estimate of drug-likeness (QED) is 0.0365. The van der Waals surface area contributed by atoms with Gasteiger partial charge in [0.15, 0.2) is 0 Å². The van der Waals surface area contributed by atoms with E-state index in [2.05, 4.69) is 42.5 Å². The third-order valence-corrected chi connectivity index (χ3v) is 11.7. The van der Waals surface area contributed by atoms with E-state index in [-0.39, 0.29) is 37.4 Å². The molecule has 0 unspecified atom stereocenters. The number of hydrogen-bond acceptors (Lipinski definition) is 14. The third kappa shape index (κ3) is 23.0. The first kappa shape index (κ1) is 64.1. The fourth-order valence-electron chi connectivity index (χ4n) is 7.18. The topological polar surface area (TPSA) is 417 Å². The Morgan fingerprint density at radius 1 is 0.521 bits per heavy atom. The molecule has 0 bridgehead atoms. The zero-order valence-electron chi connectivity index (χ0n) is 43.1. The van der Waals surface area contributed by atoms with Crippen molar-refractivity contribution in [3.63, 3.8) is 0 Å². The molecule has 1 rings (SSSR count). The van der Waals surface area contributed by atoms with Gasteiger partial charge in [-0.15, -0.1) is 0 Å². The Bertz CT molecular complexity index is 2070. The number of benzene rings is 1. The number of nitrogens with two attached hydrogens (primary N) is 2. The highest BCUT2D eigenvalue weighted by Gasteiger charge is 2.37. The molecular formula is C48H78N10O15. The minimum Gasteiger partial charge on any atom is -0.508 e. The standard InChI is InChI=1S/C48H78N10O15/c1-10-26(8)39(47(71)55-34(22-36(62)63)44(68)56-37(24(4)5)46(70)51-27(9)40(64)57-38(25(6)7)48(72)73)58-45(69)33(21-35(60)61)54-43(67)32(20-28-14-16-29(59)17-15-28)53-42(66)31(19-23(2)3)52-41(65)30(50)13-11-12-18-49/h14-17,23-27,30-34,37-39,59H,10-13,18-22,49-50H2,1-9H3,(H,51,70)(H,52,65)(H,53,66)(H,54,67)(H,55,71)(H,56,68)(H,57,64)(H,58,69)(H,60,61)(H,62,63)(H,72,73)/t26-,27-,30-,31-,32-,33-,34-,37-,38-,39-/m0/s1. The molecule has 410 valence electrons. The Morgan fingerprint density at radius 3 is 1.42 bits per heavy atom. The van der Waals surface area contributed by atoms with Gasteiger partial charge in [0.25, 0.3) is 0 Å². The molecule has 8 amide bonds. The van der Waals surface area contributed by atoms with Crippen LogP contribution < -0.4 is 54.0 Å². The molecule has 0 aromatic heterocycles. The number of carboxylic acids is 3. The monoisotopic (exact) mass is 1030 g/mol. The van der Waals surface area contributed by atoms with Gasteiger partial charge >= 0.3 is 17.9 Å². The molecule has 0 radical (unpaired) electrons. The molecule has 0 heterocycles. The van der Waals surface area contributed by atoms with Gasteiger partial charge in [0.05, 0.1) is 18.9 Å². The van der Waals surface area contributed by atoms with Crippen LogP contribution >= 0.6 is 0 Å². The Balaban J connectivity index is 3.49. The van der Waals surface area contributed by atoms with Crippen LogP contribution in [0.1, 0.15) is 113 Å². The number of carbonyl (C=O) groups is 11. The van der Waals surface area contributed by atoms with Crippen LogP contribution in [-0.4, -0.2) is 147 Å². The van der Waals surface area contributed by atoms with Crippen molar-refractivity contribution in [1.29, 1.82) is 0 Å². The van der Waals surface area contributed by atoms with E-state index in [1.165, 1.54) is 52.0 Å². The molecule has 0 saturated heterocycles. The third-order valence-electron chi connectivity index (χ3n) is 11.7. The van der Waals surface area contributed by atoms with E-state index >= 15 is 0 Å². The number of amides is 8. The molecule has 0 aliphatic carbocycles. The minimum absolute atomic E-state index is 0.110. The van der Waals surface area contributed by atoms with Crippen LogP contribution in [-0.2, 0) is 59.2 Å². The lowest BCUT2D eigenvalue weighted by atomic mass is 9.96. The lowest BCUT2D eigenvalue weighted by Gasteiger charge is -2.30. The van der Waals surface area contributed by atoms with E-state index in [0.29, 0.717) is 24.9 Å². The predicted octanol–water partition coefficient (Wildman–Crippen LogP) is -1.27. The van der Waals surface area contributed by atoms with Crippen molar-refractivity contribution in [2.24, 2.45) is 35.1 Å². The maximum absolute atomic E-state index is 14.2. The summed E-state index contributed by atoms with van der Waals surface area (Å²) in [5.74, 6) is -14.3. The molecule has 1 aromatic carbocycles. The largest absolute Gasteiger partial charge is 0.508 e. The SMILES string of the molecule is CC[C@H](C)[C@H](NC(=O)[C@H](CC(=O)O)NC(=O)[C@H](Cc1ccc(O)cc1)NC(=O)[C@H](CC(C)C)NC(=O)[C@@H](N)CCCCN)C(=O)N[C@@H](CC(=O)O)C(=O)N[C@H](C(=O)N[C@@H](C)C(=O)N[C@H](C(=O)O)C(C)C)C(C)C. The van der Waals surface area contributed by atoms with Crippen molar-refractivity contribution >= 4 is 65.2 Å². The van der Waals surface area contributed by atoms with E-state index in [0.717, 1.165) is 0 Å². The normalized spacial score (nSPS) is 15.4. The second-order valence-corrected chi connectivity index (χ2v) is 19.2. The van der Waals surface area contributed by atoms with Crippen LogP contribution in [0, 0.1) is 23.7 Å². The van der Waals surface area contributed by atoms with E-state index in [1.807, 2.05) is 0 Å². The van der Waals surface area contributed by atoms with Crippen molar-refractivity contribution in [2.45, 2.75) is 168 Å². The first-order valence-corrected chi connectivity index (χ1v) is 24.4. The first-order valence-electron chi connectivity index (χ1n) is 24.4. The van der Waals surface area contributed by atoms with E-state index < -0.39 is 150 Å². The number of phenolic OH excluding ortho intramolecular Hbond substituents is 1. The Labute approximate surface area is 425 Å². The lowest BCUT2D eigenvalue weighted by Crippen LogP contribution is -2.62. The summed E-state index contributed by atoms with van der Waals surface area (Å²) in [6.45, 7) is 14.6. The molecule has 25 nitrogen and oxygen atoms in total. The summed E-state index contributed by atoms with van der Waals surface area (Å²) in [5.41, 5.74) is 12.0. The average Bonchev–Trinajstić information content (AvgIpc) is 3.29. The summed E-state index contributed by atoms with van der Waals surface area (Å²) in [6.07, 6.45) is -0.558. The number of unbranched alkanes of at least 4 members (excludes halogenated alkanes) is 1. The van der Waals surface area contributed by atoms with Crippen molar-refractivity contribution in [2.75, 3.05) is 6.54 Å². The van der Waals surface area contributed by atoms with Gasteiger partial charge in [0, 0.05) is 6.42 Å². The van der Waals surface area contributed by atoms with Gasteiger partial charge < -0.3 is 74.4 Å². The summed E-state index contributed by atoms with van der Waals surface area (Å²) in [6, 6.07) is -7.48. The fourth-order valence-corrected chi connectivity index (χ4v) is 7.18. The number of hydrogen-bond donors (Lipinski definition) is 14. The number of aromatic hydroxyl groups is 1. The highest BCUT2D eigenvalue weighted by molar-refractivity contribution is 5.99. The fraction of sp³-hybridized carbons (Fsp3) is 0.646. The maximum atomic E-state index is 14.2. The smallest absolute Gasteiger partial charge is 0.326 e. The molecule has 0 spiro atoms. The van der Waals surface area contributed by atoms with Gasteiger partial charge in [0.2, 0.25) is 47.3 Å². The maximum Gasteiger partial charge on any atom is 0.326 e. The molecule has 25 heteroatoms. The number of phenols is 1. The van der Waals surface area contributed by atoms with Gasteiger partial charge in [-0.05, 0) is 74.1 Å². The molecule has 0 aliphatic heterocycles. The van der Waals surface area contributed by atoms with Gasteiger partial charge in [-0.2, -0.15) is 0 Å². The molecule has 0 saturated carbocycles. The van der Waals surface area contributed by atoms with E-state index in [9.17, 15) is 73.2 Å². The molecule has 0 fully saturated rings. The van der Waals surface area contributed by atoms with Crippen LogP contribution in [0.15, 0.2) is 24.3 Å². The van der Waals surface area contributed by atoms with E-state index in [1.54, 1.807) is 34.6 Å². The minimum atomic E-state index is -1.91. The molecule has 1 aromatic rings. The van der Waals surface area contributed by atoms with E-state index in [4.69, 9.17) is 11.5 Å². The second kappa shape index (κ2) is 31.5. The second-order valence-electron chi connectivity index (χ2n) is 19.2. The van der Waals surface area contributed by atoms with Crippen molar-refractivity contribution in [3.05, 3.63) is 29.8 Å². The number of rotatable bonds is 33. The van der Waals surface area contributed by atoms with Gasteiger partial charge in [-0.3, -0.25) is 47.9 Å². The highest BCUT2D eigenvalue weighted by Crippen LogP contribution is 2.15. The van der Waals surface area contributed by atoms with Crippen LogP contribution in [0.25, 0.3) is 0 Å². The number of aliphatic carboxylic acids is 3. The Hall–Kier alpha value is -6.89. The first-order chi connectivity index (χ1) is 34.0. The summed E-state index contributed by atoms with van der Waals surface area (Å²) < 4.78 is 0. The number of carbonyl (C=O) groups excluding carboxylic acids is 8. The van der Waals surface area contributed by atoms with Crippen LogP contribution in [0.2, 0.25) is 0 Å².